The first-order valence-corrected chi connectivity index (χ1v) is 7.73. The molecule has 0 atom stereocenters. The number of nitrogens with zero attached hydrogens (tertiary/aromatic N) is 3. The predicted molar refractivity (Wildman–Crippen MR) is 75.4 cm³/mol. The first-order valence-electron chi connectivity index (χ1n) is 6.25. The van der Waals surface area contributed by atoms with E-state index in [0.717, 1.165) is 11.5 Å². The van der Waals surface area contributed by atoms with E-state index in [1.165, 1.54) is 0 Å². The number of nitrogens with two attached hydrogens (primary N) is 1. The highest BCUT2D eigenvalue weighted by Crippen LogP contribution is 2.12. The molecule has 2 aromatic rings. The lowest BCUT2D eigenvalue weighted by atomic mass is 10.4. The second kappa shape index (κ2) is 5.78. The van der Waals surface area contributed by atoms with Crippen LogP contribution >= 0.6 is 0 Å². The zero-order valence-corrected chi connectivity index (χ0v) is 12.4. The van der Waals surface area contributed by atoms with Crippen molar-refractivity contribution in [2.24, 2.45) is 19.8 Å². The van der Waals surface area contributed by atoms with Gasteiger partial charge in [0.25, 0.3) is 0 Å². The number of aromatic nitrogens is 3. The van der Waals surface area contributed by atoms with Crippen LogP contribution in [0.5, 0.6) is 0 Å². The predicted octanol–water partition coefficient (Wildman–Crippen LogP) is -0.262. The molecule has 110 valence electrons. The molecule has 2 rings (SSSR count). The van der Waals surface area contributed by atoms with Crippen LogP contribution in [-0.2, 0) is 37.1 Å². The normalized spacial score (nSPS) is 11.9. The van der Waals surface area contributed by atoms with E-state index in [4.69, 9.17) is 5.73 Å². The Bertz CT molecular complexity index is 687. The molecule has 0 bridgehead atoms. The fourth-order valence-corrected chi connectivity index (χ4v) is 3.07. The number of imidazole rings is 1. The van der Waals surface area contributed by atoms with E-state index < -0.39 is 10.0 Å². The van der Waals surface area contributed by atoms with Crippen molar-refractivity contribution in [1.82, 2.24) is 18.8 Å². The van der Waals surface area contributed by atoms with Gasteiger partial charge in [-0.1, -0.05) is 0 Å². The van der Waals surface area contributed by atoms with E-state index in [9.17, 15) is 8.42 Å². The van der Waals surface area contributed by atoms with Gasteiger partial charge in [-0.15, -0.1) is 0 Å². The summed E-state index contributed by atoms with van der Waals surface area (Å²) in [6, 6.07) is 1.59. The molecule has 0 aliphatic heterocycles. The van der Waals surface area contributed by atoms with E-state index in [1.54, 1.807) is 30.1 Å². The van der Waals surface area contributed by atoms with Crippen molar-refractivity contribution in [3.05, 3.63) is 36.2 Å². The van der Waals surface area contributed by atoms with Crippen LogP contribution in [0.25, 0.3) is 0 Å². The Morgan fingerprint density at radius 1 is 1.35 bits per heavy atom. The molecule has 20 heavy (non-hydrogen) atoms. The highest BCUT2D eigenvalue weighted by atomic mass is 32.2. The minimum atomic E-state index is -3.50. The molecule has 7 nitrogen and oxygen atoms in total. The highest BCUT2D eigenvalue weighted by molar-refractivity contribution is 7.89. The second-order valence-corrected chi connectivity index (χ2v) is 6.35. The molecule has 2 aromatic heterocycles. The first-order chi connectivity index (χ1) is 9.44. The third-order valence-corrected chi connectivity index (χ3v) is 4.59. The summed E-state index contributed by atoms with van der Waals surface area (Å²) < 4.78 is 30.4. The quantitative estimate of drug-likeness (QED) is 0.768. The van der Waals surface area contributed by atoms with Crippen LogP contribution < -0.4 is 10.5 Å². The molecule has 2 heterocycles. The van der Waals surface area contributed by atoms with Crippen LogP contribution in [0.15, 0.2) is 29.6 Å². The molecular formula is C12H19N5O2S. The summed E-state index contributed by atoms with van der Waals surface area (Å²) in [6.45, 7) is 0.610. The van der Waals surface area contributed by atoms with Gasteiger partial charge >= 0.3 is 0 Å². The van der Waals surface area contributed by atoms with Crippen molar-refractivity contribution in [1.29, 1.82) is 0 Å². The van der Waals surface area contributed by atoms with E-state index in [1.807, 2.05) is 17.8 Å². The maximum atomic E-state index is 12.1. The Morgan fingerprint density at radius 2 is 2.10 bits per heavy atom. The third kappa shape index (κ3) is 3.09. The summed E-state index contributed by atoms with van der Waals surface area (Å²) in [4.78, 5) is 4.38. The molecule has 0 fully saturated rings. The molecule has 0 aromatic carbocycles. The number of aryl methyl sites for hydroxylation is 2. The van der Waals surface area contributed by atoms with Crippen LogP contribution in [0.1, 0.15) is 11.5 Å². The first kappa shape index (κ1) is 14.8. The SMILES string of the molecule is Cn1cc(S(=O)(=O)NCCc2nccn2C)cc1CN. The zero-order chi connectivity index (χ0) is 14.8. The Balaban J connectivity index is 2.02. The van der Waals surface area contributed by atoms with Crippen LogP contribution in [0.3, 0.4) is 0 Å². The smallest absolute Gasteiger partial charge is 0.242 e. The lowest BCUT2D eigenvalue weighted by Crippen LogP contribution is -2.26. The molecule has 0 amide bonds. The molecule has 8 heteroatoms. The molecule has 0 aliphatic carbocycles. The van der Waals surface area contributed by atoms with Crippen LogP contribution in [0.2, 0.25) is 0 Å². The molecular weight excluding hydrogens is 278 g/mol. The largest absolute Gasteiger partial charge is 0.352 e. The van der Waals surface area contributed by atoms with E-state index >= 15 is 0 Å². The number of nitrogens with one attached hydrogen (secondary N) is 1. The van der Waals surface area contributed by atoms with Gasteiger partial charge in [0.2, 0.25) is 10.0 Å². The van der Waals surface area contributed by atoms with Crippen LogP contribution in [0, 0.1) is 0 Å². The molecule has 0 unspecified atom stereocenters. The topological polar surface area (TPSA) is 94.9 Å². The average molecular weight is 297 g/mol. The van der Waals surface area contributed by atoms with Crippen molar-refractivity contribution < 1.29 is 8.42 Å². The zero-order valence-electron chi connectivity index (χ0n) is 11.6. The Labute approximate surface area is 118 Å². The van der Waals surface area contributed by atoms with Crippen molar-refractivity contribution >= 4 is 10.0 Å². The minimum Gasteiger partial charge on any atom is -0.352 e. The van der Waals surface area contributed by atoms with Gasteiger partial charge in [-0.25, -0.2) is 18.1 Å². The minimum absolute atomic E-state index is 0.236. The molecule has 0 saturated carbocycles. The molecule has 0 spiro atoms. The van der Waals surface area contributed by atoms with Gasteiger partial charge < -0.3 is 14.9 Å². The molecule has 0 aliphatic rings. The average Bonchev–Trinajstić information content (AvgIpc) is 2.96. The fraction of sp³-hybridized carbons (Fsp3) is 0.417. The van der Waals surface area contributed by atoms with Gasteiger partial charge in [0.1, 0.15) is 5.82 Å². The van der Waals surface area contributed by atoms with Gasteiger partial charge in [-0.05, 0) is 6.07 Å². The van der Waals surface area contributed by atoms with Gasteiger partial charge in [-0.2, -0.15) is 0 Å². The maximum Gasteiger partial charge on any atom is 0.242 e. The fourth-order valence-electron chi connectivity index (χ4n) is 1.94. The Morgan fingerprint density at radius 3 is 2.65 bits per heavy atom. The summed E-state index contributed by atoms with van der Waals surface area (Å²) in [5.41, 5.74) is 6.31. The standard InChI is InChI=1S/C12H19N5O2S/c1-16-6-5-14-12(16)3-4-15-20(18,19)11-7-10(8-13)17(2)9-11/h5-7,9,15H,3-4,8,13H2,1-2H3. The maximum absolute atomic E-state index is 12.1. The van der Waals surface area contributed by atoms with E-state index in [2.05, 4.69) is 9.71 Å². The van der Waals surface area contributed by atoms with Gasteiger partial charge in [0, 0.05) is 57.9 Å². The summed E-state index contributed by atoms with van der Waals surface area (Å²) in [6.07, 6.45) is 5.62. The lowest BCUT2D eigenvalue weighted by molar-refractivity contribution is 0.580. The van der Waals surface area contributed by atoms with Crippen molar-refractivity contribution in [3.8, 4) is 0 Å². The summed E-state index contributed by atoms with van der Waals surface area (Å²) >= 11 is 0. The molecule has 0 radical (unpaired) electrons. The van der Waals surface area contributed by atoms with E-state index in [0.29, 0.717) is 19.5 Å². The van der Waals surface area contributed by atoms with Crippen LogP contribution in [-0.4, -0.2) is 29.1 Å². The summed E-state index contributed by atoms with van der Waals surface area (Å²) in [5, 5.41) is 0. The monoisotopic (exact) mass is 297 g/mol. The second-order valence-electron chi connectivity index (χ2n) is 4.58. The summed E-state index contributed by atoms with van der Waals surface area (Å²) in [5.74, 6) is 0.836. The number of hydrogen-bond donors (Lipinski definition) is 2. The highest BCUT2D eigenvalue weighted by Gasteiger charge is 2.16. The van der Waals surface area contributed by atoms with Crippen molar-refractivity contribution in [3.63, 3.8) is 0 Å². The van der Waals surface area contributed by atoms with Gasteiger partial charge in [0.15, 0.2) is 0 Å². The Kier molecular flexibility index (Phi) is 4.26. The van der Waals surface area contributed by atoms with Gasteiger partial charge in [-0.3, -0.25) is 0 Å². The molecule has 3 N–H and O–H groups in total. The number of sulfonamides is 1. The number of rotatable bonds is 6. The van der Waals surface area contributed by atoms with Gasteiger partial charge in [0.05, 0.1) is 4.90 Å². The lowest BCUT2D eigenvalue weighted by Gasteiger charge is -2.05. The van der Waals surface area contributed by atoms with Crippen molar-refractivity contribution in [2.75, 3.05) is 6.54 Å². The molecule has 0 saturated heterocycles. The number of hydrogen-bond acceptors (Lipinski definition) is 4. The Hall–Kier alpha value is -1.64. The summed E-state index contributed by atoms with van der Waals surface area (Å²) in [7, 11) is 0.148. The third-order valence-electron chi connectivity index (χ3n) is 3.16. The van der Waals surface area contributed by atoms with Crippen LogP contribution in [0.4, 0.5) is 0 Å². The van der Waals surface area contributed by atoms with E-state index in [-0.39, 0.29) is 4.90 Å². The van der Waals surface area contributed by atoms with Crippen molar-refractivity contribution in [2.45, 2.75) is 17.9 Å².